The Kier molecular flexibility index (Phi) is 5.80. The molecule has 0 atom stereocenters. The highest BCUT2D eigenvalue weighted by Gasteiger charge is 2.00. The number of aryl methyl sites for hydroxylation is 1. The Morgan fingerprint density at radius 1 is 1.43 bits per heavy atom. The van der Waals surface area contributed by atoms with Gasteiger partial charge in [0.15, 0.2) is 0 Å². The number of rotatable bonds is 7. The van der Waals surface area contributed by atoms with Crippen LogP contribution in [0, 0.1) is 6.92 Å². The summed E-state index contributed by atoms with van der Waals surface area (Å²) < 4.78 is 5.23. The lowest BCUT2D eigenvalue weighted by molar-refractivity contribution is 0.527. The van der Waals surface area contributed by atoms with Gasteiger partial charge in [0.25, 0.3) is 0 Å². The lowest BCUT2D eigenvalue weighted by atomic mass is 10.3. The zero-order valence-electron chi connectivity index (χ0n) is 9.01. The number of nitrogens with one attached hydrogen (secondary N) is 1. The van der Waals surface area contributed by atoms with Crippen LogP contribution in [0.25, 0.3) is 0 Å². The van der Waals surface area contributed by atoms with E-state index in [9.17, 15) is 0 Å². The largest absolute Gasteiger partial charge is 0.468 e. The molecule has 0 amide bonds. The Bertz CT molecular complexity index is 247. The van der Waals surface area contributed by atoms with Gasteiger partial charge in [0.1, 0.15) is 5.76 Å². The summed E-state index contributed by atoms with van der Waals surface area (Å²) in [6.07, 6.45) is 4.29. The molecule has 0 saturated heterocycles. The van der Waals surface area contributed by atoms with Gasteiger partial charge in [0.2, 0.25) is 0 Å². The fourth-order valence-corrected chi connectivity index (χ4v) is 2.21. The summed E-state index contributed by atoms with van der Waals surface area (Å²) in [5.41, 5.74) is 0. The first-order valence-electron chi connectivity index (χ1n) is 5.22. The minimum atomic E-state index is 1.04. The second-order valence-corrected chi connectivity index (χ2v) is 4.39. The van der Waals surface area contributed by atoms with E-state index in [0.717, 1.165) is 18.8 Å². The highest BCUT2D eigenvalue weighted by Crippen LogP contribution is 2.23. The van der Waals surface area contributed by atoms with Gasteiger partial charge in [0.05, 0.1) is 6.26 Å². The van der Waals surface area contributed by atoms with Gasteiger partial charge in [-0.15, -0.1) is 11.8 Å². The zero-order chi connectivity index (χ0) is 10.2. The van der Waals surface area contributed by atoms with Gasteiger partial charge in [-0.2, -0.15) is 0 Å². The molecule has 0 aliphatic carbocycles. The van der Waals surface area contributed by atoms with E-state index in [0.29, 0.717) is 0 Å². The van der Waals surface area contributed by atoms with Crippen LogP contribution in [0.5, 0.6) is 0 Å². The first kappa shape index (κ1) is 11.7. The van der Waals surface area contributed by atoms with Crippen LogP contribution in [0.3, 0.4) is 0 Å². The average molecular weight is 213 g/mol. The third-order valence-corrected chi connectivity index (χ3v) is 3.29. The molecule has 0 fully saturated rings. The van der Waals surface area contributed by atoms with Crippen molar-refractivity contribution in [3.63, 3.8) is 0 Å². The number of unbranched alkanes of at least 4 members (excludes halogenated alkanes) is 1. The van der Waals surface area contributed by atoms with Gasteiger partial charge in [-0.25, -0.2) is 0 Å². The van der Waals surface area contributed by atoms with Crippen molar-refractivity contribution in [3.05, 3.63) is 18.1 Å². The molecule has 0 spiro atoms. The van der Waals surface area contributed by atoms with Crippen molar-refractivity contribution in [1.82, 2.24) is 5.32 Å². The molecule has 1 N–H and O–H groups in total. The third-order valence-electron chi connectivity index (χ3n) is 2.07. The molecule has 1 aromatic heterocycles. The average Bonchev–Trinajstić information content (AvgIpc) is 2.58. The van der Waals surface area contributed by atoms with Crippen molar-refractivity contribution < 1.29 is 4.42 Å². The number of hydrogen-bond donors (Lipinski definition) is 1. The predicted molar refractivity (Wildman–Crippen MR) is 61.9 cm³/mol. The monoisotopic (exact) mass is 213 g/mol. The van der Waals surface area contributed by atoms with Crippen LogP contribution in [0.4, 0.5) is 0 Å². The minimum absolute atomic E-state index is 1.04. The topological polar surface area (TPSA) is 25.2 Å². The van der Waals surface area contributed by atoms with Crippen LogP contribution in [-0.2, 0) is 0 Å². The van der Waals surface area contributed by atoms with Crippen LogP contribution in [-0.4, -0.2) is 18.8 Å². The Balaban J connectivity index is 2.02. The summed E-state index contributed by atoms with van der Waals surface area (Å²) in [5, 5.41) is 3.33. The fourth-order valence-electron chi connectivity index (χ4n) is 1.23. The fraction of sp³-hybridized carbons (Fsp3) is 0.636. The van der Waals surface area contributed by atoms with Gasteiger partial charge >= 0.3 is 0 Å². The van der Waals surface area contributed by atoms with Crippen molar-refractivity contribution in [2.45, 2.75) is 31.6 Å². The quantitative estimate of drug-likeness (QED) is 0.556. The van der Waals surface area contributed by atoms with Gasteiger partial charge < -0.3 is 9.73 Å². The summed E-state index contributed by atoms with van der Waals surface area (Å²) in [5.74, 6) is 2.23. The Labute approximate surface area is 90.5 Å². The zero-order valence-corrected chi connectivity index (χ0v) is 9.82. The summed E-state index contributed by atoms with van der Waals surface area (Å²) in [6.45, 7) is 6.37. The number of furan rings is 1. The van der Waals surface area contributed by atoms with E-state index < -0.39 is 0 Å². The van der Waals surface area contributed by atoms with Crippen LogP contribution in [0.2, 0.25) is 0 Å². The molecule has 0 aromatic carbocycles. The summed E-state index contributed by atoms with van der Waals surface area (Å²) >= 11 is 1.89. The molecule has 80 valence electrons. The first-order chi connectivity index (χ1) is 6.84. The molecule has 3 heteroatoms. The van der Waals surface area contributed by atoms with Crippen LogP contribution in [0.15, 0.2) is 21.6 Å². The summed E-state index contributed by atoms with van der Waals surface area (Å²) in [7, 11) is 0. The van der Waals surface area contributed by atoms with Crippen molar-refractivity contribution in [3.8, 4) is 0 Å². The van der Waals surface area contributed by atoms with Crippen LogP contribution < -0.4 is 5.32 Å². The number of hydrogen-bond acceptors (Lipinski definition) is 3. The Morgan fingerprint density at radius 2 is 2.29 bits per heavy atom. The van der Waals surface area contributed by atoms with Crippen molar-refractivity contribution in [1.29, 1.82) is 0 Å². The first-order valence-corrected chi connectivity index (χ1v) is 6.20. The van der Waals surface area contributed by atoms with E-state index in [4.69, 9.17) is 4.42 Å². The molecule has 0 aliphatic rings. The molecule has 0 radical (unpaired) electrons. The highest BCUT2D eigenvalue weighted by atomic mass is 32.2. The maximum absolute atomic E-state index is 5.23. The minimum Gasteiger partial charge on any atom is -0.468 e. The smallest absolute Gasteiger partial charge is 0.114 e. The standard InChI is InChI=1S/C11H19NOS/c1-3-12-7-4-5-9-14-11-6-8-13-10(11)2/h6,8,12H,3-5,7,9H2,1-2H3. The van der Waals surface area contributed by atoms with Crippen molar-refractivity contribution in [2.75, 3.05) is 18.8 Å². The summed E-state index contributed by atoms with van der Waals surface area (Å²) in [4.78, 5) is 1.29. The van der Waals surface area contributed by atoms with Crippen molar-refractivity contribution in [2.24, 2.45) is 0 Å². The molecule has 2 nitrogen and oxygen atoms in total. The maximum atomic E-state index is 5.23. The molecule has 1 heterocycles. The molecular weight excluding hydrogens is 194 g/mol. The van der Waals surface area contributed by atoms with Gasteiger partial charge in [-0.3, -0.25) is 0 Å². The van der Waals surface area contributed by atoms with Crippen LogP contribution in [0.1, 0.15) is 25.5 Å². The predicted octanol–water partition coefficient (Wildman–Crippen LogP) is 3.07. The van der Waals surface area contributed by atoms with Gasteiger partial charge in [0, 0.05) is 4.90 Å². The second-order valence-electron chi connectivity index (χ2n) is 3.25. The SMILES string of the molecule is CCNCCCCSc1ccoc1C. The lowest BCUT2D eigenvalue weighted by Gasteiger charge is -2.01. The Morgan fingerprint density at radius 3 is 2.93 bits per heavy atom. The number of thioether (sulfide) groups is 1. The Hall–Kier alpha value is -0.410. The van der Waals surface area contributed by atoms with Crippen LogP contribution >= 0.6 is 11.8 Å². The van der Waals surface area contributed by atoms with E-state index in [1.54, 1.807) is 6.26 Å². The molecule has 0 aliphatic heterocycles. The molecule has 0 unspecified atom stereocenters. The van der Waals surface area contributed by atoms with E-state index in [-0.39, 0.29) is 0 Å². The lowest BCUT2D eigenvalue weighted by Crippen LogP contribution is -2.13. The van der Waals surface area contributed by atoms with Crippen molar-refractivity contribution >= 4 is 11.8 Å². The molecule has 0 bridgehead atoms. The van der Waals surface area contributed by atoms with Gasteiger partial charge in [-0.05, 0) is 44.7 Å². The molecular formula is C11H19NOS. The third kappa shape index (κ3) is 4.20. The van der Waals surface area contributed by atoms with E-state index >= 15 is 0 Å². The molecule has 14 heavy (non-hydrogen) atoms. The molecule has 0 saturated carbocycles. The highest BCUT2D eigenvalue weighted by molar-refractivity contribution is 7.99. The van der Waals surface area contributed by atoms with E-state index in [1.165, 1.54) is 23.5 Å². The normalized spacial score (nSPS) is 10.7. The molecule has 1 aromatic rings. The summed E-state index contributed by atoms with van der Waals surface area (Å²) in [6, 6.07) is 2.05. The maximum Gasteiger partial charge on any atom is 0.114 e. The molecule has 1 rings (SSSR count). The second kappa shape index (κ2) is 6.96. The van der Waals surface area contributed by atoms with E-state index in [1.807, 2.05) is 24.8 Å². The van der Waals surface area contributed by atoms with Gasteiger partial charge in [-0.1, -0.05) is 6.92 Å². The van der Waals surface area contributed by atoms with E-state index in [2.05, 4.69) is 12.2 Å².